The summed E-state index contributed by atoms with van der Waals surface area (Å²) in [4.78, 5) is 0. The molecule has 21 heavy (non-hydrogen) atoms. The van der Waals surface area contributed by atoms with Gasteiger partial charge in [-0.2, -0.15) is 0 Å². The number of nitrogens with zero attached hydrogens (tertiary/aromatic N) is 1. The fraction of sp³-hybridized carbons (Fsp3) is 1.00. The van der Waals surface area contributed by atoms with Crippen LogP contribution in [0.2, 0.25) is 0 Å². The van der Waals surface area contributed by atoms with Gasteiger partial charge < -0.3 is 4.55 Å². The highest BCUT2D eigenvalue weighted by atomic mass is 32.2. The van der Waals surface area contributed by atoms with Crippen LogP contribution in [0.4, 0.5) is 0 Å². The zero-order chi connectivity index (χ0) is 15.8. The SMILES string of the molecule is CCCCCCCCCCCCCCCCN(C)S(=O)[O-]. The molecule has 0 bridgehead atoms. The summed E-state index contributed by atoms with van der Waals surface area (Å²) in [7, 11) is 1.63. The van der Waals surface area contributed by atoms with Crippen molar-refractivity contribution in [2.75, 3.05) is 13.6 Å². The molecule has 3 nitrogen and oxygen atoms in total. The first-order valence-electron chi connectivity index (χ1n) is 8.99. The Morgan fingerprint density at radius 2 is 1.05 bits per heavy atom. The van der Waals surface area contributed by atoms with Crippen molar-refractivity contribution in [1.82, 2.24) is 4.31 Å². The smallest absolute Gasteiger partial charge is 0.0206 e. The standard InChI is InChI=1S/C17H37NO2S/c1-3-4-5-6-7-8-9-10-11-12-13-14-15-16-17-18(2)21(19)20/h3-17H2,1-2H3,(H,19,20)/p-1. The zero-order valence-electron chi connectivity index (χ0n) is 14.3. The Morgan fingerprint density at radius 1 is 0.714 bits per heavy atom. The Kier molecular flexibility index (Phi) is 16.5. The van der Waals surface area contributed by atoms with E-state index < -0.39 is 11.3 Å². The number of hydrogen-bond donors (Lipinski definition) is 0. The Bertz CT molecular complexity index is 237. The molecule has 0 aromatic heterocycles. The quantitative estimate of drug-likeness (QED) is 0.290. The van der Waals surface area contributed by atoms with E-state index in [2.05, 4.69) is 6.92 Å². The van der Waals surface area contributed by atoms with Crippen LogP contribution in [-0.4, -0.2) is 26.7 Å². The molecule has 0 aliphatic heterocycles. The molecule has 0 aromatic rings. The van der Waals surface area contributed by atoms with Crippen LogP contribution in [0.15, 0.2) is 0 Å². The maximum Gasteiger partial charge on any atom is 0.0206 e. The second-order valence-corrected chi connectivity index (χ2v) is 7.22. The third-order valence-corrected chi connectivity index (χ3v) is 4.77. The molecule has 1 unspecified atom stereocenters. The summed E-state index contributed by atoms with van der Waals surface area (Å²) < 4.78 is 22.6. The minimum absolute atomic E-state index is 0.661. The number of rotatable bonds is 16. The Labute approximate surface area is 135 Å². The van der Waals surface area contributed by atoms with Crippen molar-refractivity contribution in [3.05, 3.63) is 0 Å². The molecule has 128 valence electrons. The van der Waals surface area contributed by atoms with Gasteiger partial charge in [0.05, 0.1) is 0 Å². The maximum absolute atomic E-state index is 10.6. The van der Waals surface area contributed by atoms with E-state index in [-0.39, 0.29) is 0 Å². The van der Waals surface area contributed by atoms with Gasteiger partial charge in [0, 0.05) is 17.8 Å². The van der Waals surface area contributed by atoms with Gasteiger partial charge in [-0.1, -0.05) is 90.4 Å². The summed E-state index contributed by atoms with van der Waals surface area (Å²) in [5, 5.41) is 0. The summed E-state index contributed by atoms with van der Waals surface area (Å²) >= 11 is -2.04. The van der Waals surface area contributed by atoms with Gasteiger partial charge in [0.15, 0.2) is 0 Å². The van der Waals surface area contributed by atoms with E-state index in [1.54, 1.807) is 7.05 Å². The normalized spacial score (nSPS) is 13.0. The fourth-order valence-electron chi connectivity index (χ4n) is 2.60. The summed E-state index contributed by atoms with van der Waals surface area (Å²) in [6, 6.07) is 0. The lowest BCUT2D eigenvalue weighted by Crippen LogP contribution is -2.21. The molecule has 0 heterocycles. The summed E-state index contributed by atoms with van der Waals surface area (Å²) in [5.41, 5.74) is 0. The van der Waals surface area contributed by atoms with Gasteiger partial charge in [-0.25, -0.2) is 4.31 Å². The molecule has 0 aliphatic rings. The van der Waals surface area contributed by atoms with Gasteiger partial charge in [-0.3, -0.25) is 4.21 Å². The van der Waals surface area contributed by atoms with Gasteiger partial charge in [-0.05, 0) is 13.5 Å². The van der Waals surface area contributed by atoms with E-state index in [0.717, 1.165) is 12.8 Å². The van der Waals surface area contributed by atoms with Crippen LogP contribution < -0.4 is 0 Å². The highest BCUT2D eigenvalue weighted by Gasteiger charge is 1.97. The molecule has 0 radical (unpaired) electrons. The van der Waals surface area contributed by atoms with Crippen molar-refractivity contribution < 1.29 is 8.76 Å². The van der Waals surface area contributed by atoms with Gasteiger partial charge in [0.25, 0.3) is 0 Å². The molecule has 0 aromatic carbocycles. The second kappa shape index (κ2) is 16.4. The first-order valence-corrected chi connectivity index (χ1v) is 10.0. The Morgan fingerprint density at radius 3 is 1.38 bits per heavy atom. The predicted octanol–water partition coefficient (Wildman–Crippen LogP) is 5.19. The van der Waals surface area contributed by atoms with Crippen LogP contribution in [0.1, 0.15) is 96.8 Å². The Balaban J connectivity index is 3.04. The molecule has 0 spiro atoms. The van der Waals surface area contributed by atoms with Gasteiger partial charge in [-0.15, -0.1) is 0 Å². The topological polar surface area (TPSA) is 43.4 Å². The number of hydrogen-bond acceptors (Lipinski definition) is 2. The minimum atomic E-state index is -2.04. The van der Waals surface area contributed by atoms with Gasteiger partial charge >= 0.3 is 0 Å². The third kappa shape index (κ3) is 16.3. The first kappa shape index (κ1) is 21.1. The highest BCUT2D eigenvalue weighted by molar-refractivity contribution is 7.76. The first-order chi connectivity index (χ1) is 10.2. The molecule has 0 fully saturated rings. The molecule has 4 heteroatoms. The van der Waals surface area contributed by atoms with Crippen LogP contribution in [0.25, 0.3) is 0 Å². The van der Waals surface area contributed by atoms with E-state index in [9.17, 15) is 8.76 Å². The van der Waals surface area contributed by atoms with E-state index in [0.29, 0.717) is 6.54 Å². The molecule has 0 aliphatic carbocycles. The van der Waals surface area contributed by atoms with Crippen molar-refractivity contribution in [3.8, 4) is 0 Å². The lowest BCUT2D eigenvalue weighted by molar-refractivity contribution is 0.420. The van der Waals surface area contributed by atoms with E-state index >= 15 is 0 Å². The predicted molar refractivity (Wildman–Crippen MR) is 91.9 cm³/mol. The largest absolute Gasteiger partial charge is 0.760 e. The molecule has 0 saturated carbocycles. The van der Waals surface area contributed by atoms with Crippen molar-refractivity contribution in [1.29, 1.82) is 0 Å². The molecule has 0 amide bonds. The minimum Gasteiger partial charge on any atom is -0.760 e. The number of unbranched alkanes of at least 4 members (excludes halogenated alkanes) is 13. The summed E-state index contributed by atoms with van der Waals surface area (Å²) in [6.07, 6.45) is 18.7. The van der Waals surface area contributed by atoms with Crippen LogP contribution in [0.3, 0.4) is 0 Å². The van der Waals surface area contributed by atoms with Crippen molar-refractivity contribution in [2.45, 2.75) is 96.8 Å². The molecule has 0 N–H and O–H groups in total. The fourth-order valence-corrected chi connectivity index (χ4v) is 2.88. The summed E-state index contributed by atoms with van der Waals surface area (Å²) in [5.74, 6) is 0. The van der Waals surface area contributed by atoms with Crippen molar-refractivity contribution >= 4 is 11.3 Å². The molecular formula is C17H36NO2S-. The monoisotopic (exact) mass is 318 g/mol. The van der Waals surface area contributed by atoms with Crippen LogP contribution in [0, 0.1) is 0 Å². The van der Waals surface area contributed by atoms with Crippen molar-refractivity contribution in [3.63, 3.8) is 0 Å². The van der Waals surface area contributed by atoms with E-state index in [1.165, 1.54) is 81.4 Å². The average Bonchev–Trinajstić information content (AvgIpc) is 2.47. The van der Waals surface area contributed by atoms with Crippen molar-refractivity contribution in [2.24, 2.45) is 0 Å². The van der Waals surface area contributed by atoms with Crippen LogP contribution in [0.5, 0.6) is 0 Å². The van der Waals surface area contributed by atoms with Crippen LogP contribution >= 0.6 is 0 Å². The maximum atomic E-state index is 10.6. The van der Waals surface area contributed by atoms with Gasteiger partial charge in [0.1, 0.15) is 0 Å². The Hall–Kier alpha value is 0.0700. The molecular weight excluding hydrogens is 282 g/mol. The van der Waals surface area contributed by atoms with Crippen LogP contribution in [-0.2, 0) is 11.3 Å². The highest BCUT2D eigenvalue weighted by Crippen LogP contribution is 2.13. The molecule has 1 atom stereocenters. The van der Waals surface area contributed by atoms with Gasteiger partial charge in [0.2, 0.25) is 0 Å². The van der Waals surface area contributed by atoms with E-state index in [1.807, 2.05) is 0 Å². The lowest BCUT2D eigenvalue weighted by Gasteiger charge is -2.18. The third-order valence-electron chi connectivity index (χ3n) is 4.08. The molecule has 0 saturated heterocycles. The van der Waals surface area contributed by atoms with E-state index in [4.69, 9.17) is 0 Å². The average molecular weight is 319 g/mol. The lowest BCUT2D eigenvalue weighted by atomic mass is 10.0. The molecule has 0 rings (SSSR count). The zero-order valence-corrected chi connectivity index (χ0v) is 15.1. The second-order valence-electron chi connectivity index (χ2n) is 6.16. The summed E-state index contributed by atoms with van der Waals surface area (Å²) in [6.45, 7) is 2.93.